The van der Waals surface area contributed by atoms with Crippen molar-refractivity contribution in [3.05, 3.63) is 66.6 Å². The molecule has 0 aliphatic carbocycles. The molecule has 1 heterocycles. The van der Waals surface area contributed by atoms with Crippen molar-refractivity contribution in [3.8, 4) is 22.6 Å². The van der Waals surface area contributed by atoms with Gasteiger partial charge in [0, 0.05) is 25.1 Å². The first-order valence-electron chi connectivity index (χ1n) is 7.47. The fraction of sp³-hybridized carbons (Fsp3) is 0.158. The van der Waals surface area contributed by atoms with E-state index in [1.807, 2.05) is 60.7 Å². The summed E-state index contributed by atoms with van der Waals surface area (Å²) in [6.45, 7) is 1.88. The molecule has 3 aromatic rings. The number of aromatic nitrogens is 1. The minimum atomic E-state index is -0.0225. The summed E-state index contributed by atoms with van der Waals surface area (Å²) >= 11 is 0. The number of carbonyl (C=O) groups excluding carboxylic acids is 1. The lowest BCUT2D eigenvalue weighted by Crippen LogP contribution is -2.23. The van der Waals surface area contributed by atoms with Crippen molar-refractivity contribution in [1.29, 1.82) is 0 Å². The van der Waals surface area contributed by atoms with Crippen LogP contribution >= 0.6 is 0 Å². The van der Waals surface area contributed by atoms with Gasteiger partial charge in [-0.05, 0) is 0 Å². The minimum absolute atomic E-state index is 0.0225. The lowest BCUT2D eigenvalue weighted by molar-refractivity contribution is -0.128. The first-order chi connectivity index (χ1) is 11.1. The summed E-state index contributed by atoms with van der Waals surface area (Å²) in [5.41, 5.74) is 2.76. The van der Waals surface area contributed by atoms with Gasteiger partial charge in [0.15, 0.2) is 5.76 Å². The molecule has 0 aliphatic heterocycles. The van der Waals surface area contributed by atoms with Gasteiger partial charge in [0.2, 0.25) is 11.8 Å². The second kappa shape index (κ2) is 6.48. The van der Waals surface area contributed by atoms with Crippen LogP contribution in [-0.4, -0.2) is 22.8 Å². The van der Waals surface area contributed by atoms with Crippen molar-refractivity contribution in [2.75, 3.05) is 7.05 Å². The predicted octanol–water partition coefficient (Wildman–Crippen LogP) is 3.99. The van der Waals surface area contributed by atoms with Crippen LogP contribution in [0, 0.1) is 0 Å². The van der Waals surface area contributed by atoms with E-state index in [-0.39, 0.29) is 5.91 Å². The van der Waals surface area contributed by atoms with Gasteiger partial charge >= 0.3 is 0 Å². The molecule has 0 fully saturated rings. The maximum Gasteiger partial charge on any atom is 0.219 e. The van der Waals surface area contributed by atoms with Crippen LogP contribution in [0.5, 0.6) is 0 Å². The SMILES string of the molecule is CC(=O)N(C)Cc1nc(-c2ccccc2)c(-c2ccccc2)o1. The zero-order valence-electron chi connectivity index (χ0n) is 13.2. The van der Waals surface area contributed by atoms with E-state index in [2.05, 4.69) is 4.98 Å². The minimum Gasteiger partial charge on any atom is -0.438 e. The molecule has 2 aromatic carbocycles. The number of hydrogen-bond donors (Lipinski definition) is 0. The maximum absolute atomic E-state index is 11.4. The van der Waals surface area contributed by atoms with E-state index in [1.165, 1.54) is 6.92 Å². The van der Waals surface area contributed by atoms with E-state index < -0.39 is 0 Å². The highest BCUT2D eigenvalue weighted by molar-refractivity contribution is 5.77. The van der Waals surface area contributed by atoms with E-state index in [4.69, 9.17) is 4.42 Å². The fourth-order valence-corrected chi connectivity index (χ4v) is 2.32. The van der Waals surface area contributed by atoms with E-state index in [0.717, 1.165) is 22.6 Å². The quantitative estimate of drug-likeness (QED) is 0.732. The molecule has 0 saturated heterocycles. The van der Waals surface area contributed by atoms with Gasteiger partial charge in [0.1, 0.15) is 5.69 Å². The van der Waals surface area contributed by atoms with Gasteiger partial charge in [-0.15, -0.1) is 0 Å². The number of benzene rings is 2. The van der Waals surface area contributed by atoms with Crippen LogP contribution in [-0.2, 0) is 11.3 Å². The molecule has 23 heavy (non-hydrogen) atoms. The molecule has 0 bridgehead atoms. The summed E-state index contributed by atoms with van der Waals surface area (Å²) in [4.78, 5) is 17.6. The first kappa shape index (κ1) is 15.0. The van der Waals surface area contributed by atoms with Crippen molar-refractivity contribution in [2.45, 2.75) is 13.5 Å². The normalized spacial score (nSPS) is 10.5. The average Bonchev–Trinajstić information content (AvgIpc) is 3.00. The molecule has 4 nitrogen and oxygen atoms in total. The Morgan fingerprint density at radius 2 is 1.57 bits per heavy atom. The lowest BCUT2D eigenvalue weighted by atomic mass is 10.1. The summed E-state index contributed by atoms with van der Waals surface area (Å²) in [5.74, 6) is 1.23. The van der Waals surface area contributed by atoms with Crippen molar-refractivity contribution >= 4 is 5.91 Å². The van der Waals surface area contributed by atoms with E-state index in [1.54, 1.807) is 11.9 Å². The Labute approximate surface area is 135 Å². The second-order valence-electron chi connectivity index (χ2n) is 5.39. The van der Waals surface area contributed by atoms with Gasteiger partial charge in [0.05, 0.1) is 6.54 Å². The van der Waals surface area contributed by atoms with Crippen LogP contribution in [0.3, 0.4) is 0 Å². The molecule has 3 rings (SSSR count). The zero-order chi connectivity index (χ0) is 16.2. The molecule has 0 atom stereocenters. The highest BCUT2D eigenvalue weighted by atomic mass is 16.4. The highest BCUT2D eigenvalue weighted by Gasteiger charge is 2.18. The number of carbonyl (C=O) groups is 1. The third kappa shape index (κ3) is 3.31. The Hall–Kier alpha value is -2.88. The predicted molar refractivity (Wildman–Crippen MR) is 89.5 cm³/mol. The van der Waals surface area contributed by atoms with Gasteiger partial charge in [-0.3, -0.25) is 4.79 Å². The van der Waals surface area contributed by atoms with Crippen LogP contribution in [0.25, 0.3) is 22.6 Å². The zero-order valence-corrected chi connectivity index (χ0v) is 13.2. The van der Waals surface area contributed by atoms with Gasteiger partial charge in [0.25, 0.3) is 0 Å². The molecule has 0 N–H and O–H groups in total. The topological polar surface area (TPSA) is 46.3 Å². The van der Waals surface area contributed by atoms with Gasteiger partial charge in [-0.2, -0.15) is 0 Å². The van der Waals surface area contributed by atoms with Crippen molar-refractivity contribution in [1.82, 2.24) is 9.88 Å². The summed E-state index contributed by atoms with van der Waals surface area (Å²) in [5, 5.41) is 0. The Morgan fingerprint density at radius 3 is 2.13 bits per heavy atom. The van der Waals surface area contributed by atoms with Crippen LogP contribution < -0.4 is 0 Å². The van der Waals surface area contributed by atoms with Crippen LogP contribution in [0.15, 0.2) is 65.1 Å². The molecule has 4 heteroatoms. The molecule has 1 amide bonds. The van der Waals surface area contributed by atoms with Crippen molar-refractivity contribution in [2.24, 2.45) is 0 Å². The van der Waals surface area contributed by atoms with Gasteiger partial charge in [-0.25, -0.2) is 4.98 Å². The molecule has 116 valence electrons. The number of nitrogens with zero attached hydrogens (tertiary/aromatic N) is 2. The van der Waals surface area contributed by atoms with Crippen LogP contribution in [0.2, 0.25) is 0 Å². The smallest absolute Gasteiger partial charge is 0.219 e. The lowest BCUT2D eigenvalue weighted by Gasteiger charge is -2.11. The third-order valence-corrected chi connectivity index (χ3v) is 3.66. The van der Waals surface area contributed by atoms with Crippen LogP contribution in [0.1, 0.15) is 12.8 Å². The van der Waals surface area contributed by atoms with E-state index >= 15 is 0 Å². The van der Waals surface area contributed by atoms with Crippen molar-refractivity contribution < 1.29 is 9.21 Å². The second-order valence-corrected chi connectivity index (χ2v) is 5.39. The van der Waals surface area contributed by atoms with Gasteiger partial charge < -0.3 is 9.32 Å². The fourth-order valence-electron chi connectivity index (χ4n) is 2.32. The Bertz CT molecular complexity index is 738. The Balaban J connectivity index is 2.06. The molecule has 0 saturated carbocycles. The third-order valence-electron chi connectivity index (χ3n) is 3.66. The Morgan fingerprint density at radius 1 is 1.00 bits per heavy atom. The molecular formula is C19H18N2O2. The molecule has 0 aliphatic rings. The standard InChI is InChI=1S/C19H18N2O2/c1-14(22)21(2)13-17-20-18(15-9-5-3-6-10-15)19(23-17)16-11-7-4-8-12-16/h3-12H,13H2,1-2H3. The number of rotatable bonds is 4. The summed E-state index contributed by atoms with van der Waals surface area (Å²) in [6, 6.07) is 19.8. The monoisotopic (exact) mass is 306 g/mol. The first-order valence-corrected chi connectivity index (χ1v) is 7.47. The van der Waals surface area contributed by atoms with E-state index in [9.17, 15) is 4.79 Å². The number of hydrogen-bond acceptors (Lipinski definition) is 3. The molecule has 0 spiro atoms. The molecule has 1 aromatic heterocycles. The number of amides is 1. The van der Waals surface area contributed by atoms with E-state index in [0.29, 0.717) is 12.4 Å². The maximum atomic E-state index is 11.4. The largest absolute Gasteiger partial charge is 0.438 e. The Kier molecular flexibility index (Phi) is 4.24. The summed E-state index contributed by atoms with van der Waals surface area (Å²) in [6.07, 6.45) is 0. The van der Waals surface area contributed by atoms with Crippen molar-refractivity contribution in [3.63, 3.8) is 0 Å². The summed E-state index contributed by atoms with van der Waals surface area (Å²) < 4.78 is 5.97. The molecule has 0 radical (unpaired) electrons. The molecular weight excluding hydrogens is 288 g/mol. The molecule has 0 unspecified atom stereocenters. The summed E-state index contributed by atoms with van der Waals surface area (Å²) in [7, 11) is 1.73. The van der Waals surface area contributed by atoms with Crippen LogP contribution in [0.4, 0.5) is 0 Å². The number of oxazole rings is 1. The van der Waals surface area contributed by atoms with Gasteiger partial charge in [-0.1, -0.05) is 60.7 Å². The average molecular weight is 306 g/mol. The highest BCUT2D eigenvalue weighted by Crippen LogP contribution is 2.32.